The number of nitrogens with one attached hydrogen (secondary N) is 1. The molecule has 0 aliphatic carbocycles. The van der Waals surface area contributed by atoms with E-state index in [0.29, 0.717) is 18.3 Å². The van der Waals surface area contributed by atoms with E-state index in [1.807, 2.05) is 31.2 Å². The average molecular weight is 303 g/mol. The van der Waals surface area contributed by atoms with E-state index in [4.69, 9.17) is 9.52 Å². The first-order valence-corrected chi connectivity index (χ1v) is 7.47. The van der Waals surface area contributed by atoms with Crippen molar-refractivity contribution in [2.45, 2.75) is 39.2 Å². The number of unbranched alkanes of at least 4 members (excludes halogenated alkanes) is 2. The summed E-state index contributed by atoms with van der Waals surface area (Å²) in [5.74, 6) is 0.349. The third-order valence-electron chi connectivity index (χ3n) is 3.29. The Morgan fingerprint density at radius 3 is 2.68 bits per heavy atom. The second-order valence-electron chi connectivity index (χ2n) is 5.25. The van der Waals surface area contributed by atoms with Crippen LogP contribution in [0.5, 0.6) is 0 Å². The SMILES string of the molecule is Cc1ccc(-c2nnc(CNCCCCCC(=O)O)o2)cc1. The van der Waals surface area contributed by atoms with Crippen LogP contribution in [0.15, 0.2) is 28.7 Å². The molecule has 0 unspecified atom stereocenters. The fraction of sp³-hybridized carbons (Fsp3) is 0.438. The standard InChI is InChI=1S/C16H21N3O3/c1-12-6-8-13(9-7-12)16-19-18-14(22-16)11-17-10-4-2-3-5-15(20)21/h6-9,17H,2-5,10-11H2,1H3,(H,20,21). The number of hydrogen-bond donors (Lipinski definition) is 2. The van der Waals surface area contributed by atoms with Crippen LogP contribution in [-0.4, -0.2) is 27.8 Å². The Kier molecular flexibility index (Phi) is 6.09. The molecule has 0 aliphatic heterocycles. The molecule has 0 radical (unpaired) electrons. The summed E-state index contributed by atoms with van der Waals surface area (Å²) in [7, 11) is 0. The zero-order valence-electron chi connectivity index (χ0n) is 12.7. The number of carboxylic acids is 1. The van der Waals surface area contributed by atoms with Gasteiger partial charge in [0.05, 0.1) is 6.54 Å². The molecule has 6 nitrogen and oxygen atoms in total. The van der Waals surface area contributed by atoms with Gasteiger partial charge in [-0.25, -0.2) is 0 Å². The maximum atomic E-state index is 10.4. The molecule has 0 fully saturated rings. The molecule has 0 aliphatic rings. The van der Waals surface area contributed by atoms with Crippen molar-refractivity contribution >= 4 is 5.97 Å². The lowest BCUT2D eigenvalue weighted by molar-refractivity contribution is -0.137. The van der Waals surface area contributed by atoms with Gasteiger partial charge < -0.3 is 14.8 Å². The summed E-state index contributed by atoms with van der Waals surface area (Å²) in [5, 5.41) is 19.8. The Morgan fingerprint density at radius 2 is 1.95 bits per heavy atom. The fourth-order valence-electron chi connectivity index (χ4n) is 2.04. The Labute approximate surface area is 129 Å². The van der Waals surface area contributed by atoms with Gasteiger partial charge >= 0.3 is 5.97 Å². The van der Waals surface area contributed by atoms with Crippen molar-refractivity contribution in [3.8, 4) is 11.5 Å². The first kappa shape index (κ1) is 16.2. The summed E-state index contributed by atoms with van der Waals surface area (Å²) in [6.07, 6.45) is 2.79. The lowest BCUT2D eigenvalue weighted by Gasteiger charge is -2.01. The molecule has 0 saturated carbocycles. The quantitative estimate of drug-likeness (QED) is 0.692. The lowest BCUT2D eigenvalue weighted by atomic mass is 10.1. The fourth-order valence-corrected chi connectivity index (χ4v) is 2.04. The number of benzene rings is 1. The van der Waals surface area contributed by atoms with E-state index in [9.17, 15) is 4.79 Å². The van der Waals surface area contributed by atoms with Gasteiger partial charge in [-0.2, -0.15) is 0 Å². The van der Waals surface area contributed by atoms with E-state index in [1.54, 1.807) is 0 Å². The smallest absolute Gasteiger partial charge is 0.303 e. The third kappa shape index (κ3) is 5.29. The van der Waals surface area contributed by atoms with Crippen molar-refractivity contribution in [3.05, 3.63) is 35.7 Å². The average Bonchev–Trinajstić information content (AvgIpc) is 2.95. The van der Waals surface area contributed by atoms with Gasteiger partial charge in [-0.15, -0.1) is 10.2 Å². The Bertz CT molecular complexity index is 593. The summed E-state index contributed by atoms with van der Waals surface area (Å²) in [6, 6.07) is 7.94. The molecule has 0 bridgehead atoms. The molecule has 1 heterocycles. The van der Waals surface area contributed by atoms with Gasteiger partial charge in [0.2, 0.25) is 11.8 Å². The van der Waals surface area contributed by atoms with Crippen molar-refractivity contribution < 1.29 is 14.3 Å². The van der Waals surface area contributed by atoms with E-state index in [2.05, 4.69) is 15.5 Å². The van der Waals surface area contributed by atoms with Crippen molar-refractivity contribution in [2.75, 3.05) is 6.54 Å². The molecule has 0 saturated heterocycles. The van der Waals surface area contributed by atoms with Gasteiger partial charge in [0, 0.05) is 12.0 Å². The molecular weight excluding hydrogens is 282 g/mol. The molecule has 2 rings (SSSR count). The molecule has 1 aromatic heterocycles. The molecule has 0 spiro atoms. The largest absolute Gasteiger partial charge is 0.481 e. The summed E-state index contributed by atoms with van der Waals surface area (Å²) in [6.45, 7) is 3.36. The molecule has 1 aromatic carbocycles. The van der Waals surface area contributed by atoms with E-state index >= 15 is 0 Å². The first-order chi connectivity index (χ1) is 10.6. The monoisotopic (exact) mass is 303 g/mol. The highest BCUT2D eigenvalue weighted by atomic mass is 16.4. The van der Waals surface area contributed by atoms with Crippen molar-refractivity contribution in [1.29, 1.82) is 0 Å². The van der Waals surface area contributed by atoms with Crippen molar-refractivity contribution in [2.24, 2.45) is 0 Å². The number of rotatable bonds is 9. The van der Waals surface area contributed by atoms with Gasteiger partial charge in [-0.05, 0) is 38.4 Å². The van der Waals surface area contributed by atoms with E-state index in [-0.39, 0.29) is 6.42 Å². The van der Waals surface area contributed by atoms with Crippen LogP contribution < -0.4 is 5.32 Å². The number of hydrogen-bond acceptors (Lipinski definition) is 5. The second-order valence-corrected chi connectivity index (χ2v) is 5.25. The predicted molar refractivity (Wildman–Crippen MR) is 82.3 cm³/mol. The zero-order valence-corrected chi connectivity index (χ0v) is 12.7. The van der Waals surface area contributed by atoms with Crippen LogP contribution in [0.2, 0.25) is 0 Å². The first-order valence-electron chi connectivity index (χ1n) is 7.47. The highest BCUT2D eigenvalue weighted by Crippen LogP contribution is 2.18. The number of carbonyl (C=O) groups is 1. The minimum Gasteiger partial charge on any atom is -0.481 e. The van der Waals surface area contributed by atoms with Gasteiger partial charge in [-0.3, -0.25) is 4.79 Å². The topological polar surface area (TPSA) is 88.2 Å². The predicted octanol–water partition coefficient (Wildman–Crippen LogP) is 2.78. The molecule has 0 atom stereocenters. The Morgan fingerprint density at radius 1 is 1.18 bits per heavy atom. The second kappa shape index (κ2) is 8.29. The Balaban J connectivity index is 1.69. The number of nitrogens with zero attached hydrogens (tertiary/aromatic N) is 2. The third-order valence-corrected chi connectivity index (χ3v) is 3.29. The molecule has 2 aromatic rings. The van der Waals surface area contributed by atoms with E-state index < -0.39 is 5.97 Å². The number of aromatic nitrogens is 2. The summed E-state index contributed by atoms with van der Waals surface area (Å²) in [5.41, 5.74) is 2.10. The van der Waals surface area contributed by atoms with Crippen LogP contribution in [0.3, 0.4) is 0 Å². The zero-order chi connectivity index (χ0) is 15.8. The van der Waals surface area contributed by atoms with Crippen LogP contribution in [-0.2, 0) is 11.3 Å². The highest BCUT2D eigenvalue weighted by Gasteiger charge is 2.07. The van der Waals surface area contributed by atoms with Crippen LogP contribution in [0.1, 0.15) is 37.1 Å². The van der Waals surface area contributed by atoms with Crippen LogP contribution in [0.25, 0.3) is 11.5 Å². The Hall–Kier alpha value is -2.21. The van der Waals surface area contributed by atoms with Crippen molar-refractivity contribution in [1.82, 2.24) is 15.5 Å². The van der Waals surface area contributed by atoms with Gasteiger partial charge in [0.25, 0.3) is 0 Å². The molecule has 118 valence electrons. The van der Waals surface area contributed by atoms with Gasteiger partial charge in [0.1, 0.15) is 0 Å². The van der Waals surface area contributed by atoms with E-state index in [1.165, 1.54) is 5.56 Å². The molecule has 22 heavy (non-hydrogen) atoms. The molecular formula is C16H21N3O3. The van der Waals surface area contributed by atoms with Crippen molar-refractivity contribution in [3.63, 3.8) is 0 Å². The minimum absolute atomic E-state index is 0.240. The van der Waals surface area contributed by atoms with Gasteiger partial charge in [-0.1, -0.05) is 24.1 Å². The maximum absolute atomic E-state index is 10.4. The van der Waals surface area contributed by atoms with Crippen LogP contribution in [0, 0.1) is 6.92 Å². The van der Waals surface area contributed by atoms with E-state index in [0.717, 1.165) is 31.4 Å². The van der Waals surface area contributed by atoms with Gasteiger partial charge in [0.15, 0.2) is 0 Å². The lowest BCUT2D eigenvalue weighted by Crippen LogP contribution is -2.15. The maximum Gasteiger partial charge on any atom is 0.303 e. The summed E-state index contributed by atoms with van der Waals surface area (Å²) in [4.78, 5) is 10.4. The van der Waals surface area contributed by atoms with Crippen LogP contribution >= 0.6 is 0 Å². The number of aliphatic carboxylic acids is 1. The normalized spacial score (nSPS) is 10.8. The molecule has 6 heteroatoms. The number of aryl methyl sites for hydroxylation is 1. The number of carboxylic acid groups (broad SMARTS) is 1. The summed E-state index contributed by atoms with van der Waals surface area (Å²) >= 11 is 0. The van der Waals surface area contributed by atoms with Crippen LogP contribution in [0.4, 0.5) is 0 Å². The highest BCUT2D eigenvalue weighted by molar-refractivity contribution is 5.66. The summed E-state index contributed by atoms with van der Waals surface area (Å²) < 4.78 is 5.61. The molecule has 2 N–H and O–H groups in total. The molecule has 0 amide bonds. The minimum atomic E-state index is -0.734.